The largest absolute Gasteiger partial charge is 0.361 e. The number of aromatic nitrogens is 1. The highest BCUT2D eigenvalue weighted by Crippen LogP contribution is 2.23. The molecular formula is C20H27N3O4S. The van der Waals surface area contributed by atoms with Gasteiger partial charge in [-0.3, -0.25) is 4.79 Å². The lowest BCUT2D eigenvalue weighted by Crippen LogP contribution is -2.32. The summed E-state index contributed by atoms with van der Waals surface area (Å²) in [5.74, 6) is 0.542. The number of nitrogens with one attached hydrogen (secondary N) is 1. The molecule has 0 bridgehead atoms. The number of sulfonamides is 1. The first-order chi connectivity index (χ1) is 13.4. The molecule has 0 saturated carbocycles. The molecule has 0 unspecified atom stereocenters. The second-order valence-electron chi connectivity index (χ2n) is 7.20. The van der Waals surface area contributed by atoms with Gasteiger partial charge in [-0.25, -0.2) is 8.42 Å². The van der Waals surface area contributed by atoms with Crippen LogP contribution in [0.5, 0.6) is 0 Å². The summed E-state index contributed by atoms with van der Waals surface area (Å²) < 4.78 is 32.5. The topological polar surface area (TPSA) is 92.5 Å². The Morgan fingerprint density at radius 1 is 1.18 bits per heavy atom. The lowest BCUT2D eigenvalue weighted by molar-refractivity contribution is -0.116. The Labute approximate surface area is 166 Å². The van der Waals surface area contributed by atoms with Crippen molar-refractivity contribution in [1.82, 2.24) is 9.46 Å². The van der Waals surface area contributed by atoms with Gasteiger partial charge in [-0.05, 0) is 51.3 Å². The minimum absolute atomic E-state index is 0.177. The van der Waals surface area contributed by atoms with Crippen molar-refractivity contribution in [3.63, 3.8) is 0 Å². The summed E-state index contributed by atoms with van der Waals surface area (Å²) in [6.45, 7) is 4.78. The van der Waals surface area contributed by atoms with Gasteiger partial charge in [0, 0.05) is 30.8 Å². The number of carbonyl (C=O) groups excluding carboxylic acids is 1. The van der Waals surface area contributed by atoms with E-state index < -0.39 is 10.0 Å². The van der Waals surface area contributed by atoms with E-state index in [1.54, 1.807) is 22.5 Å². The van der Waals surface area contributed by atoms with Crippen LogP contribution in [-0.2, 0) is 21.2 Å². The molecule has 1 fully saturated rings. The molecule has 0 radical (unpaired) electrons. The number of rotatable bonds is 6. The fourth-order valence-electron chi connectivity index (χ4n) is 3.49. The number of benzene rings is 1. The number of hydrogen-bond donors (Lipinski definition) is 1. The lowest BCUT2D eigenvalue weighted by Gasteiger charge is -2.20. The Kier molecular flexibility index (Phi) is 6.51. The van der Waals surface area contributed by atoms with Crippen LogP contribution in [-0.4, -0.2) is 36.9 Å². The van der Waals surface area contributed by atoms with Gasteiger partial charge in [0.1, 0.15) is 5.76 Å². The van der Waals surface area contributed by atoms with Crippen molar-refractivity contribution in [2.24, 2.45) is 0 Å². The lowest BCUT2D eigenvalue weighted by atomic mass is 10.1. The van der Waals surface area contributed by atoms with E-state index in [9.17, 15) is 13.2 Å². The van der Waals surface area contributed by atoms with Gasteiger partial charge in [0.25, 0.3) is 0 Å². The monoisotopic (exact) mass is 405 g/mol. The van der Waals surface area contributed by atoms with Gasteiger partial charge in [-0.15, -0.1) is 0 Å². The number of hydrogen-bond acceptors (Lipinski definition) is 5. The molecular weight excluding hydrogens is 378 g/mol. The molecule has 0 aliphatic carbocycles. The minimum atomic E-state index is -3.54. The molecule has 1 aromatic carbocycles. The van der Waals surface area contributed by atoms with E-state index in [0.717, 1.165) is 42.7 Å². The fraction of sp³-hybridized carbons (Fsp3) is 0.500. The average molecular weight is 406 g/mol. The quantitative estimate of drug-likeness (QED) is 0.795. The zero-order chi connectivity index (χ0) is 20.1. The van der Waals surface area contributed by atoms with Gasteiger partial charge in [0.2, 0.25) is 15.9 Å². The van der Waals surface area contributed by atoms with Crippen molar-refractivity contribution in [2.75, 3.05) is 18.4 Å². The maximum absolute atomic E-state index is 12.9. The number of amides is 1. The molecule has 2 aromatic rings. The second kappa shape index (κ2) is 8.87. The summed E-state index contributed by atoms with van der Waals surface area (Å²) in [5, 5.41) is 6.69. The maximum Gasteiger partial charge on any atom is 0.243 e. The van der Waals surface area contributed by atoms with Crippen LogP contribution in [0.1, 0.15) is 49.1 Å². The highest BCUT2D eigenvalue weighted by atomic mass is 32.2. The fourth-order valence-corrected chi connectivity index (χ4v) is 5.05. The third-order valence-corrected chi connectivity index (χ3v) is 7.00. The minimum Gasteiger partial charge on any atom is -0.361 e. The molecule has 1 aliphatic heterocycles. The second-order valence-corrected chi connectivity index (χ2v) is 9.13. The van der Waals surface area contributed by atoms with Crippen molar-refractivity contribution in [2.45, 2.75) is 57.3 Å². The Bertz CT molecular complexity index is 909. The van der Waals surface area contributed by atoms with Gasteiger partial charge >= 0.3 is 0 Å². The van der Waals surface area contributed by atoms with Crippen molar-refractivity contribution in [1.29, 1.82) is 0 Å². The highest BCUT2D eigenvalue weighted by Gasteiger charge is 2.25. The maximum atomic E-state index is 12.9. The van der Waals surface area contributed by atoms with Crippen LogP contribution in [0.15, 0.2) is 33.7 Å². The zero-order valence-electron chi connectivity index (χ0n) is 16.4. The van der Waals surface area contributed by atoms with Crippen LogP contribution in [0.2, 0.25) is 0 Å². The first-order valence-corrected chi connectivity index (χ1v) is 11.1. The highest BCUT2D eigenvalue weighted by molar-refractivity contribution is 7.89. The third-order valence-electron chi connectivity index (χ3n) is 5.10. The van der Waals surface area contributed by atoms with Crippen LogP contribution >= 0.6 is 0 Å². The standard InChI is InChI=1S/C20H27N3O4S/c1-15-19(16(2)27-22-15)10-11-20(24)21-17-8-7-9-18(14-17)28(25,26)23-12-5-3-4-6-13-23/h7-9,14H,3-6,10-13H2,1-2H3,(H,21,24). The van der Waals surface area contributed by atoms with Crippen LogP contribution in [0.4, 0.5) is 5.69 Å². The van der Waals surface area contributed by atoms with Crippen molar-refractivity contribution < 1.29 is 17.7 Å². The Hall–Kier alpha value is -2.19. The molecule has 1 N–H and O–H groups in total. The Balaban J connectivity index is 1.66. The normalized spacial score (nSPS) is 15.9. The molecule has 152 valence electrons. The molecule has 0 atom stereocenters. The molecule has 0 spiro atoms. The van der Waals surface area contributed by atoms with Gasteiger partial charge in [-0.2, -0.15) is 4.31 Å². The van der Waals surface area contributed by atoms with Crippen molar-refractivity contribution in [3.05, 3.63) is 41.3 Å². The molecule has 3 rings (SSSR count). The van der Waals surface area contributed by atoms with E-state index in [1.807, 2.05) is 13.8 Å². The molecule has 28 heavy (non-hydrogen) atoms. The molecule has 8 heteroatoms. The van der Waals surface area contributed by atoms with Gasteiger partial charge in [-0.1, -0.05) is 24.1 Å². The summed E-state index contributed by atoms with van der Waals surface area (Å²) in [4.78, 5) is 12.5. The summed E-state index contributed by atoms with van der Waals surface area (Å²) in [6, 6.07) is 6.48. The summed E-state index contributed by atoms with van der Waals surface area (Å²) in [6.07, 6.45) is 4.69. The van der Waals surface area contributed by atoms with E-state index in [4.69, 9.17) is 4.52 Å². The molecule has 7 nitrogen and oxygen atoms in total. The van der Waals surface area contributed by atoms with E-state index in [2.05, 4.69) is 10.5 Å². The Morgan fingerprint density at radius 3 is 2.54 bits per heavy atom. The van der Waals surface area contributed by atoms with Crippen molar-refractivity contribution >= 4 is 21.6 Å². The number of anilines is 1. The first-order valence-electron chi connectivity index (χ1n) is 9.70. The molecule has 2 heterocycles. The van der Waals surface area contributed by atoms with E-state index in [0.29, 0.717) is 25.2 Å². The molecule has 1 amide bonds. The smallest absolute Gasteiger partial charge is 0.243 e. The van der Waals surface area contributed by atoms with E-state index >= 15 is 0 Å². The third kappa shape index (κ3) is 4.80. The van der Waals surface area contributed by atoms with E-state index in [-0.39, 0.29) is 17.2 Å². The van der Waals surface area contributed by atoms with Crippen molar-refractivity contribution in [3.8, 4) is 0 Å². The zero-order valence-corrected chi connectivity index (χ0v) is 17.2. The number of aryl methyl sites for hydroxylation is 2. The Morgan fingerprint density at radius 2 is 1.89 bits per heavy atom. The van der Waals surface area contributed by atoms with Crippen LogP contribution in [0, 0.1) is 13.8 Å². The first kappa shape index (κ1) is 20.5. The van der Waals surface area contributed by atoms with Gasteiger partial charge in [0.15, 0.2) is 0 Å². The van der Waals surface area contributed by atoms with Gasteiger partial charge < -0.3 is 9.84 Å². The van der Waals surface area contributed by atoms with Crippen LogP contribution in [0.25, 0.3) is 0 Å². The SMILES string of the molecule is Cc1noc(C)c1CCC(=O)Nc1cccc(S(=O)(=O)N2CCCCCC2)c1. The molecule has 1 aromatic heterocycles. The summed E-state index contributed by atoms with van der Waals surface area (Å²) in [5.41, 5.74) is 2.21. The van der Waals surface area contributed by atoms with Crippen LogP contribution in [0.3, 0.4) is 0 Å². The summed E-state index contributed by atoms with van der Waals surface area (Å²) >= 11 is 0. The van der Waals surface area contributed by atoms with Crippen LogP contribution < -0.4 is 5.32 Å². The van der Waals surface area contributed by atoms with E-state index in [1.165, 1.54) is 6.07 Å². The average Bonchev–Trinajstić information content (AvgIpc) is 2.87. The summed E-state index contributed by atoms with van der Waals surface area (Å²) in [7, 11) is -3.54. The van der Waals surface area contributed by atoms with Gasteiger partial charge in [0.05, 0.1) is 10.6 Å². The molecule has 1 aliphatic rings. The predicted molar refractivity (Wildman–Crippen MR) is 107 cm³/mol. The number of nitrogens with zero attached hydrogens (tertiary/aromatic N) is 2. The predicted octanol–water partition coefficient (Wildman–Crippen LogP) is 3.43. The number of carbonyl (C=O) groups is 1. The molecule has 1 saturated heterocycles.